The third-order valence-corrected chi connectivity index (χ3v) is 12.2. The molecule has 1 aromatic rings. The van der Waals surface area contributed by atoms with E-state index in [2.05, 4.69) is 32.1 Å². The van der Waals surface area contributed by atoms with Crippen molar-refractivity contribution in [3.8, 4) is 0 Å². The number of carbonyl (C=O) groups excluding carboxylic acids is 1. The molecule has 42 heavy (non-hydrogen) atoms. The van der Waals surface area contributed by atoms with Crippen molar-refractivity contribution < 1.29 is 19.1 Å². The summed E-state index contributed by atoms with van der Waals surface area (Å²) in [6, 6.07) is 2.18. The number of unbranched alkanes of at least 4 members (excludes halogenated alkanes) is 14. The molecule has 4 aliphatic carbocycles. The summed E-state index contributed by atoms with van der Waals surface area (Å²) >= 11 is 0. The quantitative estimate of drug-likeness (QED) is 0.139. The Labute approximate surface area is 256 Å². The third kappa shape index (κ3) is 7.05. The van der Waals surface area contributed by atoms with Gasteiger partial charge in [-0.2, -0.15) is 0 Å². The molecule has 1 aromatic heterocycles. The molecule has 5 rings (SSSR count). The van der Waals surface area contributed by atoms with Gasteiger partial charge in [0.25, 0.3) is 0 Å². The minimum absolute atomic E-state index is 0.107. The molecule has 0 saturated heterocycles. The van der Waals surface area contributed by atoms with E-state index in [1.807, 2.05) is 6.26 Å². The SMILES string of the molecule is CCCCCCCCCCCCCCCCCC(=O)OCC1(O)CC23CCC4c5ccoc5C=CC4(C)C2CCC1C3. The smallest absolute Gasteiger partial charge is 0.305 e. The topological polar surface area (TPSA) is 59.7 Å². The first-order chi connectivity index (χ1) is 20.4. The van der Waals surface area contributed by atoms with Crippen LogP contribution in [0.25, 0.3) is 6.08 Å². The molecule has 2 bridgehead atoms. The second-order valence-corrected chi connectivity index (χ2v) is 15.1. The predicted octanol–water partition coefficient (Wildman–Crippen LogP) is 10.5. The molecule has 0 amide bonds. The fourth-order valence-corrected chi connectivity index (χ4v) is 9.96. The lowest BCUT2D eigenvalue weighted by Gasteiger charge is -2.58. The maximum absolute atomic E-state index is 12.6. The van der Waals surface area contributed by atoms with Crippen LogP contribution in [0.2, 0.25) is 0 Å². The van der Waals surface area contributed by atoms with Crippen LogP contribution in [0.4, 0.5) is 0 Å². The van der Waals surface area contributed by atoms with Gasteiger partial charge in [0.1, 0.15) is 18.0 Å². The van der Waals surface area contributed by atoms with Crippen LogP contribution < -0.4 is 0 Å². The molecule has 4 heteroatoms. The summed E-state index contributed by atoms with van der Waals surface area (Å²) in [4.78, 5) is 12.6. The van der Waals surface area contributed by atoms with Crippen LogP contribution in [-0.2, 0) is 9.53 Å². The average Bonchev–Trinajstić information content (AvgIpc) is 3.54. The van der Waals surface area contributed by atoms with Crippen LogP contribution in [0.1, 0.15) is 172 Å². The summed E-state index contributed by atoms with van der Waals surface area (Å²) in [6.07, 6.45) is 33.1. The Hall–Kier alpha value is -1.55. The highest BCUT2D eigenvalue weighted by Gasteiger charge is 2.65. The van der Waals surface area contributed by atoms with E-state index in [9.17, 15) is 9.90 Å². The lowest BCUT2D eigenvalue weighted by molar-refractivity contribution is -0.154. The van der Waals surface area contributed by atoms with Crippen molar-refractivity contribution in [3.05, 3.63) is 29.7 Å². The van der Waals surface area contributed by atoms with Crippen molar-refractivity contribution in [1.29, 1.82) is 0 Å². The largest absolute Gasteiger partial charge is 0.465 e. The van der Waals surface area contributed by atoms with E-state index in [4.69, 9.17) is 9.15 Å². The summed E-state index contributed by atoms with van der Waals surface area (Å²) in [5.41, 5.74) is 0.782. The highest BCUT2D eigenvalue weighted by Crippen LogP contribution is 2.71. The Kier molecular flexibility index (Phi) is 11.0. The van der Waals surface area contributed by atoms with Crippen molar-refractivity contribution in [2.24, 2.45) is 22.7 Å². The number of hydrogen-bond acceptors (Lipinski definition) is 4. The van der Waals surface area contributed by atoms with Crippen molar-refractivity contribution in [2.45, 2.75) is 167 Å². The van der Waals surface area contributed by atoms with E-state index >= 15 is 0 Å². The number of fused-ring (bicyclic) bond motifs is 5. The van der Waals surface area contributed by atoms with Crippen LogP contribution in [0, 0.1) is 22.7 Å². The zero-order valence-electron chi connectivity index (χ0n) is 27.0. The maximum atomic E-state index is 12.6. The fourth-order valence-electron chi connectivity index (χ4n) is 9.96. The molecule has 6 atom stereocenters. The zero-order chi connectivity index (χ0) is 29.5. The molecule has 6 unspecified atom stereocenters. The number of furan rings is 1. The molecule has 0 aliphatic heterocycles. The molecule has 0 aromatic carbocycles. The lowest BCUT2D eigenvalue weighted by Crippen LogP contribution is -2.49. The van der Waals surface area contributed by atoms with E-state index < -0.39 is 5.60 Å². The second-order valence-electron chi connectivity index (χ2n) is 15.1. The van der Waals surface area contributed by atoms with Gasteiger partial charge in [0.2, 0.25) is 0 Å². The van der Waals surface area contributed by atoms with Gasteiger partial charge in [0.05, 0.1) is 6.26 Å². The maximum Gasteiger partial charge on any atom is 0.305 e. The summed E-state index contributed by atoms with van der Waals surface area (Å²) in [5, 5.41) is 11.8. The van der Waals surface area contributed by atoms with Crippen LogP contribution in [0.15, 0.2) is 22.8 Å². The lowest BCUT2D eigenvalue weighted by atomic mass is 9.46. The van der Waals surface area contributed by atoms with Gasteiger partial charge in [-0.25, -0.2) is 0 Å². The van der Waals surface area contributed by atoms with Crippen LogP contribution in [-0.4, -0.2) is 23.3 Å². The van der Waals surface area contributed by atoms with Gasteiger partial charge in [-0.1, -0.05) is 110 Å². The highest BCUT2D eigenvalue weighted by atomic mass is 16.5. The van der Waals surface area contributed by atoms with Gasteiger partial charge < -0.3 is 14.3 Å². The van der Waals surface area contributed by atoms with Crippen molar-refractivity contribution in [3.63, 3.8) is 0 Å². The Morgan fingerprint density at radius 1 is 0.929 bits per heavy atom. The highest BCUT2D eigenvalue weighted by molar-refractivity contribution is 5.69. The monoisotopic (exact) mass is 580 g/mol. The van der Waals surface area contributed by atoms with Crippen LogP contribution >= 0.6 is 0 Å². The summed E-state index contributed by atoms with van der Waals surface area (Å²) in [5.74, 6) is 2.23. The fraction of sp³-hybridized carbons (Fsp3) is 0.816. The third-order valence-electron chi connectivity index (χ3n) is 12.2. The Bertz CT molecular complexity index is 1030. The first kappa shape index (κ1) is 31.9. The minimum Gasteiger partial charge on any atom is -0.465 e. The van der Waals surface area contributed by atoms with Gasteiger partial charge in [-0.05, 0) is 85.7 Å². The Morgan fingerprint density at radius 3 is 2.24 bits per heavy atom. The zero-order valence-corrected chi connectivity index (χ0v) is 27.0. The van der Waals surface area contributed by atoms with Gasteiger partial charge in [-0.3, -0.25) is 4.79 Å². The molecular formula is C38H60O4. The molecule has 4 nitrogen and oxygen atoms in total. The summed E-state index contributed by atoms with van der Waals surface area (Å²) < 4.78 is 11.5. The van der Waals surface area contributed by atoms with Crippen molar-refractivity contribution in [1.82, 2.24) is 0 Å². The molecule has 3 fully saturated rings. The molecule has 1 N–H and O–H groups in total. The first-order valence-electron chi connectivity index (χ1n) is 18.0. The van der Waals surface area contributed by atoms with Crippen LogP contribution in [0.3, 0.4) is 0 Å². The number of esters is 1. The van der Waals surface area contributed by atoms with E-state index in [1.165, 1.54) is 89.0 Å². The molecule has 1 spiro atoms. The Balaban J connectivity index is 0.951. The van der Waals surface area contributed by atoms with Crippen molar-refractivity contribution >= 4 is 12.0 Å². The van der Waals surface area contributed by atoms with E-state index in [1.54, 1.807) is 0 Å². The van der Waals surface area contributed by atoms with E-state index in [0.717, 1.165) is 57.1 Å². The van der Waals surface area contributed by atoms with Gasteiger partial charge >= 0.3 is 5.97 Å². The molecular weight excluding hydrogens is 520 g/mol. The number of ether oxygens (including phenoxy) is 1. The average molecular weight is 581 g/mol. The van der Waals surface area contributed by atoms with E-state index in [-0.39, 0.29) is 29.3 Å². The first-order valence-corrected chi connectivity index (χ1v) is 18.0. The standard InChI is InChI=1S/C38H60O4/c1-3-4-5-6-7-8-9-10-11-12-13-14-15-16-17-18-35(39)42-29-38(40)28-37-25-21-32-31-23-26-41-33(31)22-24-36(32,2)34(37)20-19-30(38)27-37/h22-24,26,30,32,34,40H,3-21,25,27-29H2,1-2H3. The minimum atomic E-state index is -0.859. The van der Waals surface area contributed by atoms with E-state index in [0.29, 0.717) is 18.3 Å². The van der Waals surface area contributed by atoms with Gasteiger partial charge in [-0.15, -0.1) is 0 Å². The number of hydrogen-bond donors (Lipinski definition) is 1. The molecule has 3 saturated carbocycles. The predicted molar refractivity (Wildman–Crippen MR) is 171 cm³/mol. The number of rotatable bonds is 18. The summed E-state index contributed by atoms with van der Waals surface area (Å²) in [6.45, 7) is 4.92. The number of allylic oxidation sites excluding steroid dienone is 1. The molecule has 1 heterocycles. The summed E-state index contributed by atoms with van der Waals surface area (Å²) in [7, 11) is 0. The normalized spacial score (nSPS) is 32.8. The second kappa shape index (κ2) is 14.5. The number of carbonyl (C=O) groups is 1. The van der Waals surface area contributed by atoms with Crippen molar-refractivity contribution in [2.75, 3.05) is 6.61 Å². The number of aliphatic hydroxyl groups is 1. The molecule has 236 valence electrons. The molecule has 0 radical (unpaired) electrons. The Morgan fingerprint density at radius 2 is 1.57 bits per heavy atom. The molecule has 4 aliphatic rings. The van der Waals surface area contributed by atoms with Crippen LogP contribution in [0.5, 0.6) is 0 Å². The van der Waals surface area contributed by atoms with Gasteiger partial charge in [0.15, 0.2) is 0 Å². The van der Waals surface area contributed by atoms with Gasteiger partial charge in [0, 0.05) is 12.0 Å².